The Kier molecular flexibility index (Phi) is 5.51. The summed E-state index contributed by atoms with van der Waals surface area (Å²) in [5.74, 6) is -0.827. The molecular weight excluding hydrogens is 284 g/mol. The van der Waals surface area contributed by atoms with Gasteiger partial charge in [-0.15, -0.1) is 5.10 Å². The van der Waals surface area contributed by atoms with E-state index in [9.17, 15) is 9.59 Å². The van der Waals surface area contributed by atoms with Crippen molar-refractivity contribution in [3.8, 4) is 0 Å². The predicted molar refractivity (Wildman–Crippen MR) is 80.4 cm³/mol. The van der Waals surface area contributed by atoms with Gasteiger partial charge in [-0.1, -0.05) is 24.5 Å². The van der Waals surface area contributed by atoms with E-state index < -0.39 is 5.97 Å². The zero-order valence-corrected chi connectivity index (χ0v) is 13.3. The third kappa shape index (κ3) is 4.05. The van der Waals surface area contributed by atoms with Crippen molar-refractivity contribution in [3.63, 3.8) is 0 Å². The van der Waals surface area contributed by atoms with Crippen molar-refractivity contribution >= 4 is 11.9 Å². The van der Waals surface area contributed by atoms with Crippen LogP contribution >= 0.6 is 0 Å². The molecule has 0 radical (unpaired) electrons. The van der Waals surface area contributed by atoms with Crippen molar-refractivity contribution in [2.45, 2.75) is 64.5 Å². The molecule has 0 aliphatic heterocycles. The van der Waals surface area contributed by atoms with Crippen LogP contribution < -0.4 is 0 Å². The number of likely N-dealkylation sites (N-methyl/N-ethyl adjacent to an activating group) is 1. The van der Waals surface area contributed by atoms with Crippen LogP contribution in [0.15, 0.2) is 0 Å². The van der Waals surface area contributed by atoms with Gasteiger partial charge in [-0.2, -0.15) is 0 Å². The lowest BCUT2D eigenvalue weighted by Gasteiger charge is -2.31. The normalized spacial score (nSPS) is 15.7. The van der Waals surface area contributed by atoms with Crippen molar-refractivity contribution in [1.29, 1.82) is 0 Å². The average molecular weight is 308 g/mol. The molecule has 1 amide bonds. The van der Waals surface area contributed by atoms with E-state index in [1.807, 2.05) is 18.9 Å². The average Bonchev–Trinajstić information content (AvgIpc) is 2.86. The van der Waals surface area contributed by atoms with Crippen molar-refractivity contribution < 1.29 is 14.7 Å². The Bertz CT molecular complexity index is 535. The van der Waals surface area contributed by atoms with E-state index >= 15 is 0 Å². The maximum absolute atomic E-state index is 12.4. The molecule has 1 aromatic rings. The Labute approximate surface area is 130 Å². The lowest BCUT2D eigenvalue weighted by Crippen LogP contribution is -2.40. The van der Waals surface area contributed by atoms with Gasteiger partial charge in [-0.25, -0.2) is 4.68 Å². The van der Waals surface area contributed by atoms with Crippen LogP contribution in [-0.2, 0) is 22.6 Å². The fraction of sp³-hybridized carbons (Fsp3) is 0.733. The van der Waals surface area contributed by atoms with Gasteiger partial charge in [-0.05, 0) is 19.8 Å². The van der Waals surface area contributed by atoms with Gasteiger partial charge in [0.1, 0.15) is 6.54 Å². The summed E-state index contributed by atoms with van der Waals surface area (Å²) in [6.07, 6.45) is 6.13. The Morgan fingerprint density at radius 3 is 2.64 bits per heavy atom. The number of hydrogen-bond donors (Lipinski definition) is 1. The van der Waals surface area contributed by atoms with Gasteiger partial charge >= 0.3 is 5.97 Å². The summed E-state index contributed by atoms with van der Waals surface area (Å²) in [5.41, 5.74) is 1.42. The first-order valence-electron chi connectivity index (χ1n) is 7.85. The summed E-state index contributed by atoms with van der Waals surface area (Å²) in [7, 11) is 1.86. The molecular formula is C15H24N4O3. The Hall–Kier alpha value is -1.92. The van der Waals surface area contributed by atoms with Gasteiger partial charge in [0.25, 0.3) is 0 Å². The second-order valence-electron chi connectivity index (χ2n) is 5.97. The number of hydrogen-bond acceptors (Lipinski definition) is 4. The number of rotatable bonds is 6. The molecule has 7 heteroatoms. The van der Waals surface area contributed by atoms with E-state index in [1.54, 1.807) is 4.68 Å². The fourth-order valence-electron chi connectivity index (χ4n) is 2.91. The maximum Gasteiger partial charge on any atom is 0.303 e. The molecule has 1 aromatic heterocycles. The molecule has 1 fully saturated rings. The molecule has 122 valence electrons. The zero-order chi connectivity index (χ0) is 16.1. The van der Waals surface area contributed by atoms with E-state index in [4.69, 9.17) is 5.11 Å². The lowest BCUT2D eigenvalue weighted by atomic mass is 9.94. The molecule has 1 heterocycles. The number of carbonyl (C=O) groups excluding carboxylic acids is 1. The number of aryl methyl sites for hydroxylation is 1. The molecule has 1 aliphatic rings. The molecule has 0 atom stereocenters. The molecule has 7 nitrogen and oxygen atoms in total. The Balaban J connectivity index is 1.94. The minimum absolute atomic E-state index is 0.0233. The number of carboxylic acids is 1. The van der Waals surface area contributed by atoms with Gasteiger partial charge < -0.3 is 10.0 Å². The Morgan fingerprint density at radius 2 is 2.00 bits per heavy atom. The second-order valence-corrected chi connectivity index (χ2v) is 5.97. The summed E-state index contributed by atoms with van der Waals surface area (Å²) in [5, 5.41) is 16.7. The van der Waals surface area contributed by atoms with Crippen LogP contribution in [-0.4, -0.2) is 50.0 Å². The van der Waals surface area contributed by atoms with Crippen LogP contribution in [0.2, 0.25) is 0 Å². The van der Waals surface area contributed by atoms with E-state index in [0.717, 1.165) is 18.5 Å². The van der Waals surface area contributed by atoms with Gasteiger partial charge in [0.2, 0.25) is 5.91 Å². The number of aromatic nitrogens is 3. The Morgan fingerprint density at radius 1 is 1.32 bits per heavy atom. The molecule has 0 aromatic carbocycles. The van der Waals surface area contributed by atoms with E-state index in [0.29, 0.717) is 18.2 Å². The van der Waals surface area contributed by atoms with Crippen LogP contribution in [0, 0.1) is 6.92 Å². The molecule has 0 spiro atoms. The second kappa shape index (κ2) is 7.38. The van der Waals surface area contributed by atoms with Crippen LogP contribution in [0.25, 0.3) is 0 Å². The summed E-state index contributed by atoms with van der Waals surface area (Å²) < 4.78 is 1.57. The number of carbonyl (C=O) groups is 2. The van der Waals surface area contributed by atoms with Gasteiger partial charge in [0, 0.05) is 19.5 Å². The highest BCUT2D eigenvalue weighted by Crippen LogP contribution is 2.21. The summed E-state index contributed by atoms with van der Waals surface area (Å²) in [4.78, 5) is 24.8. The number of aliphatic carboxylic acids is 1. The third-order valence-electron chi connectivity index (χ3n) is 4.45. The molecule has 2 rings (SSSR count). The van der Waals surface area contributed by atoms with Gasteiger partial charge in [0.15, 0.2) is 0 Å². The highest BCUT2D eigenvalue weighted by atomic mass is 16.4. The van der Waals surface area contributed by atoms with E-state index in [-0.39, 0.29) is 18.9 Å². The zero-order valence-electron chi connectivity index (χ0n) is 13.3. The van der Waals surface area contributed by atoms with Crippen LogP contribution in [0.5, 0.6) is 0 Å². The van der Waals surface area contributed by atoms with Crippen LogP contribution in [0.1, 0.15) is 49.9 Å². The third-order valence-corrected chi connectivity index (χ3v) is 4.45. The van der Waals surface area contributed by atoms with Gasteiger partial charge in [-0.3, -0.25) is 9.59 Å². The molecule has 1 aliphatic carbocycles. The van der Waals surface area contributed by atoms with Crippen molar-refractivity contribution in [2.24, 2.45) is 0 Å². The first-order valence-corrected chi connectivity index (χ1v) is 7.85. The summed E-state index contributed by atoms with van der Waals surface area (Å²) >= 11 is 0. The van der Waals surface area contributed by atoms with Crippen molar-refractivity contribution in [3.05, 3.63) is 11.4 Å². The lowest BCUT2D eigenvalue weighted by molar-refractivity contribution is -0.137. The standard InChI is InChI=1S/C15H24N4O3/c1-11-13(8-9-15(21)22)16-17-19(11)10-14(20)18(2)12-6-4-3-5-7-12/h12H,3-10H2,1-2H3,(H,21,22). The van der Waals surface area contributed by atoms with E-state index in [2.05, 4.69) is 10.3 Å². The van der Waals surface area contributed by atoms with Crippen LogP contribution in [0.4, 0.5) is 0 Å². The topological polar surface area (TPSA) is 88.3 Å². The SMILES string of the molecule is Cc1c(CCC(=O)O)nnn1CC(=O)N(C)C1CCCCC1. The van der Waals surface area contributed by atoms with Crippen molar-refractivity contribution in [2.75, 3.05) is 7.05 Å². The number of amides is 1. The van der Waals surface area contributed by atoms with E-state index in [1.165, 1.54) is 19.3 Å². The molecule has 0 saturated heterocycles. The first kappa shape index (κ1) is 16.5. The van der Waals surface area contributed by atoms with Gasteiger partial charge in [0.05, 0.1) is 17.8 Å². The molecule has 22 heavy (non-hydrogen) atoms. The predicted octanol–water partition coefficient (Wildman–Crippen LogP) is 1.39. The smallest absolute Gasteiger partial charge is 0.303 e. The number of nitrogens with zero attached hydrogens (tertiary/aromatic N) is 4. The highest BCUT2D eigenvalue weighted by molar-refractivity contribution is 5.76. The van der Waals surface area contributed by atoms with Crippen molar-refractivity contribution in [1.82, 2.24) is 19.9 Å². The summed E-state index contributed by atoms with van der Waals surface area (Å²) in [6, 6.07) is 0.330. The quantitative estimate of drug-likeness (QED) is 0.858. The first-order chi connectivity index (χ1) is 10.5. The molecule has 1 N–H and O–H groups in total. The minimum atomic E-state index is -0.859. The molecule has 0 unspecified atom stereocenters. The minimum Gasteiger partial charge on any atom is -0.481 e. The monoisotopic (exact) mass is 308 g/mol. The number of carboxylic acid groups (broad SMARTS) is 1. The fourth-order valence-corrected chi connectivity index (χ4v) is 2.91. The maximum atomic E-state index is 12.4. The van der Waals surface area contributed by atoms with Crippen LogP contribution in [0.3, 0.4) is 0 Å². The molecule has 0 bridgehead atoms. The highest BCUT2D eigenvalue weighted by Gasteiger charge is 2.23. The summed E-state index contributed by atoms with van der Waals surface area (Å²) in [6.45, 7) is 1.99. The molecule has 1 saturated carbocycles. The largest absolute Gasteiger partial charge is 0.481 e.